The number of benzene rings is 1. The van der Waals surface area contributed by atoms with Crippen molar-refractivity contribution < 1.29 is 0 Å². The summed E-state index contributed by atoms with van der Waals surface area (Å²) >= 11 is 13.0. The lowest BCUT2D eigenvalue weighted by atomic mass is 9.89. The fourth-order valence-corrected chi connectivity index (χ4v) is 4.08. The first kappa shape index (κ1) is 18.5. The third-order valence-electron chi connectivity index (χ3n) is 5.09. The van der Waals surface area contributed by atoms with E-state index in [1.807, 2.05) is 16.8 Å². The van der Waals surface area contributed by atoms with Gasteiger partial charge < -0.3 is 11.1 Å². The molecule has 0 spiro atoms. The van der Waals surface area contributed by atoms with Crippen LogP contribution in [0.3, 0.4) is 0 Å². The first-order valence-electron chi connectivity index (χ1n) is 9.23. The molecular formula is C19H22Cl2N6. The predicted molar refractivity (Wildman–Crippen MR) is 111 cm³/mol. The SMILES string of the molecule is NC=Nc1cc(C2CCNCC2)c(Cl)cc1C=Nc1cnn(C2CC2)c1Cl. The molecule has 3 N–H and O–H groups in total. The second-order valence-electron chi connectivity index (χ2n) is 6.99. The Morgan fingerprint density at radius 2 is 1.89 bits per heavy atom. The van der Waals surface area contributed by atoms with Crippen molar-refractivity contribution in [1.82, 2.24) is 15.1 Å². The molecule has 142 valence electrons. The summed E-state index contributed by atoms with van der Waals surface area (Å²) < 4.78 is 1.83. The van der Waals surface area contributed by atoms with Gasteiger partial charge in [-0.05, 0) is 62.4 Å². The number of aromatic nitrogens is 2. The minimum Gasteiger partial charge on any atom is -0.390 e. The molecule has 1 aliphatic heterocycles. The zero-order valence-corrected chi connectivity index (χ0v) is 16.4. The second-order valence-corrected chi connectivity index (χ2v) is 7.75. The van der Waals surface area contributed by atoms with Crippen LogP contribution in [0.5, 0.6) is 0 Å². The van der Waals surface area contributed by atoms with E-state index in [0.29, 0.717) is 22.8 Å². The second kappa shape index (κ2) is 8.00. The summed E-state index contributed by atoms with van der Waals surface area (Å²) in [5, 5.41) is 9.01. The molecule has 0 radical (unpaired) electrons. The highest BCUT2D eigenvalue weighted by Crippen LogP contribution is 2.40. The lowest BCUT2D eigenvalue weighted by molar-refractivity contribution is 0.460. The maximum Gasteiger partial charge on any atom is 0.153 e. The van der Waals surface area contributed by atoms with Crippen LogP contribution in [0.15, 0.2) is 28.3 Å². The van der Waals surface area contributed by atoms with Crippen LogP contribution in [0.25, 0.3) is 0 Å². The van der Waals surface area contributed by atoms with Crippen molar-refractivity contribution in [2.45, 2.75) is 37.6 Å². The summed E-state index contributed by atoms with van der Waals surface area (Å²) in [4.78, 5) is 8.82. The highest BCUT2D eigenvalue weighted by atomic mass is 35.5. The molecule has 1 saturated carbocycles. The Labute approximate surface area is 168 Å². The highest BCUT2D eigenvalue weighted by Gasteiger charge is 2.27. The Balaban J connectivity index is 1.64. The maximum atomic E-state index is 6.59. The lowest BCUT2D eigenvalue weighted by Crippen LogP contribution is -2.26. The van der Waals surface area contributed by atoms with Crippen molar-refractivity contribution in [2.75, 3.05) is 13.1 Å². The van der Waals surface area contributed by atoms with Gasteiger partial charge in [0.05, 0.1) is 24.3 Å². The summed E-state index contributed by atoms with van der Waals surface area (Å²) in [6.45, 7) is 2.01. The predicted octanol–water partition coefficient (Wildman–Crippen LogP) is 4.36. The van der Waals surface area contributed by atoms with Crippen molar-refractivity contribution in [3.63, 3.8) is 0 Å². The number of rotatable bonds is 5. The van der Waals surface area contributed by atoms with E-state index < -0.39 is 0 Å². The number of halogens is 2. The van der Waals surface area contributed by atoms with Crippen LogP contribution in [0.1, 0.15) is 48.8 Å². The number of hydrogen-bond acceptors (Lipinski definition) is 4. The van der Waals surface area contributed by atoms with Gasteiger partial charge in [0.25, 0.3) is 0 Å². The van der Waals surface area contributed by atoms with Gasteiger partial charge in [-0.1, -0.05) is 23.2 Å². The van der Waals surface area contributed by atoms with E-state index in [0.717, 1.165) is 60.6 Å². The molecule has 27 heavy (non-hydrogen) atoms. The Bertz CT molecular complexity index is 879. The normalized spacial score (nSPS) is 18.7. The molecule has 0 amide bonds. The van der Waals surface area contributed by atoms with Gasteiger partial charge in [-0.3, -0.25) is 4.99 Å². The molecule has 2 heterocycles. The van der Waals surface area contributed by atoms with Gasteiger partial charge in [-0.2, -0.15) is 5.10 Å². The number of aliphatic imine (C=N–C) groups is 2. The monoisotopic (exact) mass is 404 g/mol. The van der Waals surface area contributed by atoms with E-state index in [-0.39, 0.29) is 0 Å². The molecule has 1 saturated heterocycles. The molecule has 2 aromatic rings. The van der Waals surface area contributed by atoms with Crippen molar-refractivity contribution in [1.29, 1.82) is 0 Å². The van der Waals surface area contributed by atoms with E-state index in [4.69, 9.17) is 28.9 Å². The number of piperidine rings is 1. The summed E-state index contributed by atoms with van der Waals surface area (Å²) in [6.07, 6.45) is 9.07. The smallest absolute Gasteiger partial charge is 0.153 e. The van der Waals surface area contributed by atoms with Gasteiger partial charge in [0.1, 0.15) is 5.69 Å². The Kier molecular flexibility index (Phi) is 5.48. The fourth-order valence-electron chi connectivity index (χ4n) is 3.47. The van der Waals surface area contributed by atoms with Gasteiger partial charge in [0.2, 0.25) is 0 Å². The molecule has 4 rings (SSSR count). The molecule has 8 heteroatoms. The van der Waals surface area contributed by atoms with Crippen molar-refractivity contribution in [2.24, 2.45) is 15.7 Å². The number of nitrogens with one attached hydrogen (secondary N) is 1. The Morgan fingerprint density at radius 1 is 1.11 bits per heavy atom. The van der Waals surface area contributed by atoms with E-state index >= 15 is 0 Å². The molecule has 1 aromatic heterocycles. The van der Waals surface area contributed by atoms with Gasteiger partial charge in [0.15, 0.2) is 5.15 Å². The summed E-state index contributed by atoms with van der Waals surface area (Å²) in [5.74, 6) is 0.433. The molecule has 6 nitrogen and oxygen atoms in total. The highest BCUT2D eigenvalue weighted by molar-refractivity contribution is 6.32. The zero-order chi connectivity index (χ0) is 18.8. The number of hydrogen-bond donors (Lipinski definition) is 2. The molecule has 1 aliphatic carbocycles. The van der Waals surface area contributed by atoms with Crippen LogP contribution >= 0.6 is 23.2 Å². The third-order valence-corrected chi connectivity index (χ3v) is 5.79. The quantitative estimate of drug-likeness (QED) is 0.573. The van der Waals surface area contributed by atoms with Crippen molar-refractivity contribution in [3.05, 3.63) is 39.6 Å². The molecule has 0 atom stereocenters. The first-order chi connectivity index (χ1) is 13.2. The largest absolute Gasteiger partial charge is 0.390 e. The van der Waals surface area contributed by atoms with E-state index in [2.05, 4.69) is 20.4 Å². The average Bonchev–Trinajstić information content (AvgIpc) is 3.46. The molecule has 1 aromatic carbocycles. The van der Waals surface area contributed by atoms with Gasteiger partial charge >= 0.3 is 0 Å². The maximum absolute atomic E-state index is 6.59. The average molecular weight is 405 g/mol. The molecular weight excluding hydrogens is 383 g/mol. The van der Waals surface area contributed by atoms with Crippen molar-refractivity contribution >= 4 is 47.1 Å². The van der Waals surface area contributed by atoms with E-state index in [1.165, 1.54) is 6.34 Å². The van der Waals surface area contributed by atoms with E-state index in [9.17, 15) is 0 Å². The van der Waals surface area contributed by atoms with Gasteiger partial charge in [-0.15, -0.1) is 0 Å². The molecule has 2 fully saturated rings. The van der Waals surface area contributed by atoms with Gasteiger partial charge in [0, 0.05) is 16.8 Å². The van der Waals surface area contributed by atoms with Crippen LogP contribution in [0, 0.1) is 0 Å². The van der Waals surface area contributed by atoms with Crippen LogP contribution in [0.4, 0.5) is 11.4 Å². The van der Waals surface area contributed by atoms with E-state index in [1.54, 1.807) is 12.4 Å². The minimum absolute atomic E-state index is 0.414. The standard InChI is InChI=1S/C19H22Cl2N6/c20-16-7-13(9-24-18-10-26-27(19(18)21)14-1-2-14)17(25-11-22)8-15(16)12-3-5-23-6-4-12/h7-12,14,23H,1-6H2,(H2,22,25). The van der Waals surface area contributed by atoms with Crippen LogP contribution < -0.4 is 11.1 Å². The lowest BCUT2D eigenvalue weighted by Gasteiger charge is -2.24. The summed E-state index contributed by atoms with van der Waals surface area (Å²) in [7, 11) is 0. The van der Waals surface area contributed by atoms with Crippen molar-refractivity contribution in [3.8, 4) is 0 Å². The van der Waals surface area contributed by atoms with Crippen LogP contribution in [-0.2, 0) is 0 Å². The topological polar surface area (TPSA) is 80.6 Å². The summed E-state index contributed by atoms with van der Waals surface area (Å²) in [6, 6.07) is 4.35. The van der Waals surface area contributed by atoms with Gasteiger partial charge in [-0.25, -0.2) is 9.67 Å². The number of nitrogens with two attached hydrogens (primary N) is 1. The Hall–Kier alpha value is -1.89. The zero-order valence-electron chi connectivity index (χ0n) is 14.9. The first-order valence-corrected chi connectivity index (χ1v) is 9.98. The van der Waals surface area contributed by atoms with Crippen LogP contribution in [0.2, 0.25) is 10.2 Å². The molecule has 0 bridgehead atoms. The third kappa shape index (κ3) is 4.03. The Morgan fingerprint density at radius 3 is 2.59 bits per heavy atom. The number of nitrogens with zero attached hydrogens (tertiary/aromatic N) is 4. The summed E-state index contributed by atoms with van der Waals surface area (Å²) in [5.41, 5.74) is 8.88. The minimum atomic E-state index is 0.414. The fraction of sp³-hybridized carbons (Fsp3) is 0.421. The molecule has 2 aliphatic rings. The molecule has 0 unspecified atom stereocenters. The van der Waals surface area contributed by atoms with Crippen LogP contribution in [-0.4, -0.2) is 35.4 Å².